The molecule has 1 aromatic carbocycles. The van der Waals surface area contributed by atoms with Crippen molar-refractivity contribution in [3.8, 4) is 0 Å². The molecule has 0 aromatic heterocycles. The van der Waals surface area contributed by atoms with Gasteiger partial charge in [0.25, 0.3) is 0 Å². The largest absolute Gasteiger partial charge is 0.232 e. The first-order chi connectivity index (χ1) is 5.25. The highest BCUT2D eigenvalue weighted by molar-refractivity contribution is 5.94. The van der Waals surface area contributed by atoms with Crippen LogP contribution < -0.4 is 5.32 Å². The van der Waals surface area contributed by atoms with Gasteiger partial charge in [-0.2, -0.15) is 0 Å². The number of fused-ring (bicyclic) bond motifs is 1. The van der Waals surface area contributed by atoms with Crippen molar-refractivity contribution >= 4 is 17.2 Å². The zero-order chi connectivity index (χ0) is 7.84. The lowest BCUT2D eigenvalue weighted by Gasteiger charge is -1.93. The summed E-state index contributed by atoms with van der Waals surface area (Å²) in [4.78, 5) is 4.02. The molecule has 1 radical (unpaired) electrons. The van der Waals surface area contributed by atoms with Gasteiger partial charge in [0, 0.05) is 6.07 Å². The summed E-state index contributed by atoms with van der Waals surface area (Å²) in [7, 11) is 0. The summed E-state index contributed by atoms with van der Waals surface area (Å²) >= 11 is 0. The van der Waals surface area contributed by atoms with Gasteiger partial charge < -0.3 is 0 Å². The molecule has 2 rings (SSSR count). The molecule has 1 aliphatic heterocycles. The normalized spacial score (nSPS) is 13.8. The number of aliphatic imine (C=N–C) groups is 1. The fourth-order valence-corrected chi connectivity index (χ4v) is 1.05. The second kappa shape index (κ2) is 2.05. The second-order valence-electron chi connectivity index (χ2n) is 2.40. The predicted molar refractivity (Wildman–Crippen MR) is 41.0 cm³/mol. The molecule has 0 amide bonds. The zero-order valence-corrected chi connectivity index (χ0v) is 6.00. The van der Waals surface area contributed by atoms with Crippen molar-refractivity contribution in [2.24, 2.45) is 4.99 Å². The van der Waals surface area contributed by atoms with Crippen molar-refractivity contribution in [1.82, 2.24) is 5.32 Å². The number of benzene rings is 1. The summed E-state index contributed by atoms with van der Waals surface area (Å²) in [6.07, 6.45) is 0. The first kappa shape index (κ1) is 6.34. The number of hydrogen-bond acceptors (Lipinski definition) is 1. The predicted octanol–water partition coefficient (Wildman–Crippen LogP) is 2.13. The SMILES string of the molecule is CC1=Nc2cc(F)ccc2[N]1. The van der Waals surface area contributed by atoms with Crippen LogP contribution in [0.4, 0.5) is 15.8 Å². The van der Waals surface area contributed by atoms with E-state index >= 15 is 0 Å². The molecule has 3 heteroatoms. The van der Waals surface area contributed by atoms with E-state index in [0.717, 1.165) is 5.69 Å². The molecule has 55 valence electrons. The molecule has 0 N–H and O–H groups in total. The van der Waals surface area contributed by atoms with Crippen LogP contribution in [-0.4, -0.2) is 5.84 Å². The average Bonchev–Trinajstić information content (AvgIpc) is 2.27. The zero-order valence-electron chi connectivity index (χ0n) is 6.00. The van der Waals surface area contributed by atoms with E-state index < -0.39 is 0 Å². The van der Waals surface area contributed by atoms with Crippen LogP contribution in [0.2, 0.25) is 0 Å². The summed E-state index contributed by atoms with van der Waals surface area (Å²) in [6.45, 7) is 1.79. The third-order valence-corrected chi connectivity index (χ3v) is 1.50. The van der Waals surface area contributed by atoms with E-state index in [9.17, 15) is 4.39 Å². The minimum Gasteiger partial charge on any atom is -0.232 e. The number of rotatable bonds is 0. The molecule has 0 aliphatic carbocycles. The van der Waals surface area contributed by atoms with Crippen LogP contribution in [0.15, 0.2) is 23.2 Å². The molecule has 0 spiro atoms. The third kappa shape index (κ3) is 0.981. The molecular formula is C8H6FN2. The lowest BCUT2D eigenvalue weighted by atomic mass is 10.3. The van der Waals surface area contributed by atoms with E-state index in [2.05, 4.69) is 10.3 Å². The van der Waals surface area contributed by atoms with Crippen LogP contribution in [-0.2, 0) is 0 Å². The minimum atomic E-state index is -0.266. The van der Waals surface area contributed by atoms with Gasteiger partial charge in [-0.15, -0.1) is 0 Å². The Hall–Kier alpha value is -1.38. The molecule has 2 nitrogen and oxygen atoms in total. The molecule has 0 saturated carbocycles. The van der Waals surface area contributed by atoms with Crippen molar-refractivity contribution in [2.75, 3.05) is 0 Å². The Morgan fingerprint density at radius 3 is 2.91 bits per heavy atom. The van der Waals surface area contributed by atoms with E-state index in [-0.39, 0.29) is 5.82 Å². The minimum absolute atomic E-state index is 0.266. The fourth-order valence-electron chi connectivity index (χ4n) is 1.05. The Morgan fingerprint density at radius 1 is 1.27 bits per heavy atom. The average molecular weight is 149 g/mol. The van der Waals surface area contributed by atoms with E-state index in [1.54, 1.807) is 13.0 Å². The summed E-state index contributed by atoms with van der Waals surface area (Å²) in [5, 5.41) is 4.08. The standard InChI is InChI=1S/C8H6FN2/c1-5-10-7-3-2-6(9)4-8(7)11-5/h2-4H,1H3. The van der Waals surface area contributed by atoms with Gasteiger partial charge in [-0.25, -0.2) is 14.7 Å². The highest BCUT2D eigenvalue weighted by atomic mass is 19.1. The Morgan fingerprint density at radius 2 is 2.09 bits per heavy atom. The van der Waals surface area contributed by atoms with Crippen LogP contribution in [0.5, 0.6) is 0 Å². The maximum absolute atomic E-state index is 12.6. The van der Waals surface area contributed by atoms with Gasteiger partial charge in [0.15, 0.2) is 0 Å². The fraction of sp³-hybridized carbons (Fsp3) is 0.125. The Balaban J connectivity index is 2.54. The quantitative estimate of drug-likeness (QED) is 0.540. The second-order valence-corrected chi connectivity index (χ2v) is 2.40. The molecule has 1 aliphatic rings. The maximum Gasteiger partial charge on any atom is 0.126 e. The van der Waals surface area contributed by atoms with Crippen molar-refractivity contribution in [3.63, 3.8) is 0 Å². The molecule has 1 aromatic rings. The first-order valence-corrected chi connectivity index (χ1v) is 3.32. The molecule has 11 heavy (non-hydrogen) atoms. The molecular weight excluding hydrogens is 143 g/mol. The molecule has 0 saturated heterocycles. The van der Waals surface area contributed by atoms with Gasteiger partial charge in [-0.05, 0) is 19.1 Å². The molecule has 1 heterocycles. The monoisotopic (exact) mass is 149 g/mol. The van der Waals surface area contributed by atoms with Gasteiger partial charge >= 0.3 is 0 Å². The van der Waals surface area contributed by atoms with Gasteiger partial charge in [0.05, 0.1) is 11.4 Å². The van der Waals surface area contributed by atoms with Crippen LogP contribution in [0.3, 0.4) is 0 Å². The third-order valence-electron chi connectivity index (χ3n) is 1.50. The van der Waals surface area contributed by atoms with E-state index in [0.29, 0.717) is 11.5 Å². The van der Waals surface area contributed by atoms with Crippen LogP contribution in [0, 0.1) is 5.82 Å². The van der Waals surface area contributed by atoms with Gasteiger partial charge in [0.1, 0.15) is 11.7 Å². The van der Waals surface area contributed by atoms with E-state index in [1.165, 1.54) is 12.1 Å². The maximum atomic E-state index is 12.6. The van der Waals surface area contributed by atoms with E-state index in [1.807, 2.05) is 0 Å². The lowest BCUT2D eigenvalue weighted by Crippen LogP contribution is -1.98. The van der Waals surface area contributed by atoms with Crippen LogP contribution in [0.1, 0.15) is 6.92 Å². The summed E-state index contributed by atoms with van der Waals surface area (Å²) < 4.78 is 12.6. The number of nitrogens with zero attached hydrogens (tertiary/aromatic N) is 2. The van der Waals surface area contributed by atoms with Crippen LogP contribution in [0.25, 0.3) is 0 Å². The van der Waals surface area contributed by atoms with Crippen molar-refractivity contribution in [2.45, 2.75) is 6.92 Å². The molecule has 0 fully saturated rings. The van der Waals surface area contributed by atoms with Gasteiger partial charge in [-0.1, -0.05) is 0 Å². The summed E-state index contributed by atoms with van der Waals surface area (Å²) in [6, 6.07) is 4.40. The molecule has 0 atom stereocenters. The topological polar surface area (TPSA) is 26.5 Å². The highest BCUT2D eigenvalue weighted by Crippen LogP contribution is 2.30. The first-order valence-electron chi connectivity index (χ1n) is 3.32. The van der Waals surface area contributed by atoms with Crippen LogP contribution >= 0.6 is 0 Å². The molecule has 0 unspecified atom stereocenters. The van der Waals surface area contributed by atoms with Crippen molar-refractivity contribution in [1.29, 1.82) is 0 Å². The Kier molecular flexibility index (Phi) is 1.18. The smallest absolute Gasteiger partial charge is 0.126 e. The Bertz CT molecular complexity index is 331. The molecule has 0 bridgehead atoms. The highest BCUT2D eigenvalue weighted by Gasteiger charge is 2.11. The summed E-state index contributed by atoms with van der Waals surface area (Å²) in [5.74, 6) is 0.419. The summed E-state index contributed by atoms with van der Waals surface area (Å²) in [5.41, 5.74) is 1.38. The number of hydrogen-bond donors (Lipinski definition) is 0. The van der Waals surface area contributed by atoms with E-state index in [4.69, 9.17) is 0 Å². The van der Waals surface area contributed by atoms with Crippen molar-refractivity contribution in [3.05, 3.63) is 24.0 Å². The lowest BCUT2D eigenvalue weighted by molar-refractivity contribution is 0.628. The number of amidine groups is 1. The van der Waals surface area contributed by atoms with Gasteiger partial charge in [-0.3, -0.25) is 0 Å². The van der Waals surface area contributed by atoms with Gasteiger partial charge in [0.2, 0.25) is 0 Å². The Labute approximate surface area is 63.8 Å². The van der Waals surface area contributed by atoms with Crippen molar-refractivity contribution < 1.29 is 4.39 Å². The number of halogens is 1.